The first-order valence-electron chi connectivity index (χ1n) is 8.88. The second kappa shape index (κ2) is 6.92. The Hall–Kier alpha value is -2.66. The molecule has 3 rings (SSSR count). The van der Waals surface area contributed by atoms with Crippen LogP contribution in [0.4, 0.5) is 0 Å². The van der Waals surface area contributed by atoms with E-state index in [0.29, 0.717) is 18.5 Å². The monoisotopic (exact) mass is 352 g/mol. The summed E-state index contributed by atoms with van der Waals surface area (Å²) in [7, 11) is 0. The van der Waals surface area contributed by atoms with Gasteiger partial charge in [0.15, 0.2) is 5.54 Å². The van der Waals surface area contributed by atoms with Crippen LogP contribution in [0.5, 0.6) is 0 Å². The standard InChI is InChI=1S/C21H24N2O3/c1-3-14-8-10-15(11-9-14)16-6-4-5-7-17(16)19(24)23-13-12-18(22)21(23,2)20(25)26/h4-11,18H,3,12-13,22H2,1-2H3,(H,25,26)/t18-,21+/m1/s1. The average Bonchev–Trinajstić information content (AvgIpc) is 2.97. The molecule has 0 spiro atoms. The summed E-state index contributed by atoms with van der Waals surface area (Å²) in [6.45, 7) is 3.96. The first-order valence-corrected chi connectivity index (χ1v) is 8.88. The van der Waals surface area contributed by atoms with Crippen LogP contribution in [0.1, 0.15) is 36.2 Å². The van der Waals surface area contributed by atoms with Crippen molar-refractivity contribution in [1.82, 2.24) is 4.90 Å². The highest BCUT2D eigenvalue weighted by atomic mass is 16.4. The largest absolute Gasteiger partial charge is 0.479 e. The van der Waals surface area contributed by atoms with Crippen molar-refractivity contribution < 1.29 is 14.7 Å². The molecule has 0 aromatic heterocycles. The number of hydrogen-bond donors (Lipinski definition) is 2. The number of rotatable bonds is 4. The van der Waals surface area contributed by atoms with Crippen molar-refractivity contribution in [2.24, 2.45) is 5.73 Å². The number of hydrogen-bond acceptors (Lipinski definition) is 3. The molecule has 2 atom stereocenters. The van der Waals surface area contributed by atoms with Crippen molar-refractivity contribution >= 4 is 11.9 Å². The minimum Gasteiger partial charge on any atom is -0.479 e. The van der Waals surface area contributed by atoms with Crippen molar-refractivity contribution in [3.8, 4) is 11.1 Å². The highest BCUT2D eigenvalue weighted by molar-refractivity contribution is 6.03. The lowest BCUT2D eigenvalue weighted by molar-refractivity contribution is -0.147. The van der Waals surface area contributed by atoms with Crippen LogP contribution >= 0.6 is 0 Å². The molecule has 136 valence electrons. The highest BCUT2D eigenvalue weighted by Gasteiger charge is 2.52. The molecule has 1 amide bonds. The van der Waals surface area contributed by atoms with Gasteiger partial charge in [-0.2, -0.15) is 0 Å². The van der Waals surface area contributed by atoms with Gasteiger partial charge in [-0.05, 0) is 42.5 Å². The zero-order chi connectivity index (χ0) is 18.9. The molecule has 1 heterocycles. The van der Waals surface area contributed by atoms with Crippen LogP contribution in [0, 0.1) is 0 Å². The molecular formula is C21H24N2O3. The Bertz CT molecular complexity index is 831. The van der Waals surface area contributed by atoms with Crippen LogP contribution in [0.25, 0.3) is 11.1 Å². The molecule has 1 fully saturated rings. The number of nitrogens with zero attached hydrogens (tertiary/aromatic N) is 1. The van der Waals surface area contributed by atoms with Crippen molar-refractivity contribution in [3.63, 3.8) is 0 Å². The number of aliphatic carboxylic acids is 1. The van der Waals surface area contributed by atoms with Gasteiger partial charge in [-0.25, -0.2) is 4.79 Å². The number of carbonyl (C=O) groups is 2. The number of nitrogens with two attached hydrogens (primary N) is 1. The number of likely N-dealkylation sites (tertiary alicyclic amines) is 1. The summed E-state index contributed by atoms with van der Waals surface area (Å²) < 4.78 is 0. The van der Waals surface area contributed by atoms with Gasteiger partial charge in [-0.3, -0.25) is 4.79 Å². The molecule has 5 heteroatoms. The van der Waals surface area contributed by atoms with E-state index < -0.39 is 17.6 Å². The summed E-state index contributed by atoms with van der Waals surface area (Å²) in [6.07, 6.45) is 1.42. The number of carboxylic acids is 1. The minimum absolute atomic E-state index is 0.294. The van der Waals surface area contributed by atoms with Gasteiger partial charge in [-0.1, -0.05) is 49.4 Å². The molecule has 2 aromatic rings. The molecule has 3 N–H and O–H groups in total. The van der Waals surface area contributed by atoms with Gasteiger partial charge in [0.2, 0.25) is 0 Å². The second-order valence-electron chi connectivity index (χ2n) is 6.90. The lowest BCUT2D eigenvalue weighted by atomic mass is 9.92. The fourth-order valence-corrected chi connectivity index (χ4v) is 3.55. The topological polar surface area (TPSA) is 83.6 Å². The molecule has 2 aromatic carbocycles. The Morgan fingerprint density at radius 3 is 2.46 bits per heavy atom. The first-order chi connectivity index (χ1) is 12.4. The van der Waals surface area contributed by atoms with Crippen molar-refractivity contribution in [3.05, 3.63) is 59.7 Å². The third-order valence-corrected chi connectivity index (χ3v) is 5.46. The van der Waals surface area contributed by atoms with Crippen LogP contribution in [-0.2, 0) is 11.2 Å². The Morgan fingerprint density at radius 2 is 1.85 bits per heavy atom. The van der Waals surface area contributed by atoms with E-state index >= 15 is 0 Å². The predicted octanol–water partition coefficient (Wildman–Crippen LogP) is 2.93. The minimum atomic E-state index is -1.39. The summed E-state index contributed by atoms with van der Waals surface area (Å²) in [4.78, 5) is 26.5. The number of carbonyl (C=O) groups excluding carboxylic acids is 1. The third kappa shape index (κ3) is 2.88. The van der Waals surface area contributed by atoms with E-state index in [-0.39, 0.29) is 5.91 Å². The second-order valence-corrected chi connectivity index (χ2v) is 6.90. The zero-order valence-electron chi connectivity index (χ0n) is 15.1. The molecule has 5 nitrogen and oxygen atoms in total. The molecule has 1 saturated heterocycles. The maximum atomic E-state index is 13.2. The summed E-state index contributed by atoms with van der Waals surface area (Å²) in [6, 6.07) is 14.8. The van der Waals surface area contributed by atoms with Gasteiger partial charge >= 0.3 is 5.97 Å². The first kappa shape index (κ1) is 18.1. The smallest absolute Gasteiger partial charge is 0.330 e. The highest BCUT2D eigenvalue weighted by Crippen LogP contribution is 2.33. The van der Waals surface area contributed by atoms with E-state index in [1.807, 2.05) is 36.4 Å². The summed E-state index contributed by atoms with van der Waals surface area (Å²) in [5.41, 5.74) is 8.09. The lowest BCUT2D eigenvalue weighted by Gasteiger charge is -2.34. The normalized spacial score (nSPS) is 22.4. The SMILES string of the molecule is CCc1ccc(-c2ccccc2C(=O)N2CC[C@@H](N)[C@@]2(C)C(=O)O)cc1. The van der Waals surface area contributed by atoms with Gasteiger partial charge in [-0.15, -0.1) is 0 Å². The number of amides is 1. The molecular weight excluding hydrogens is 328 g/mol. The van der Waals surface area contributed by atoms with Crippen molar-refractivity contribution in [1.29, 1.82) is 0 Å². The molecule has 1 aliphatic heterocycles. The third-order valence-electron chi connectivity index (χ3n) is 5.46. The van der Waals surface area contributed by atoms with Crippen molar-refractivity contribution in [2.45, 2.75) is 38.3 Å². The molecule has 0 bridgehead atoms. The molecule has 0 saturated carbocycles. The van der Waals surface area contributed by atoms with Gasteiger partial charge in [0, 0.05) is 18.2 Å². The molecule has 0 unspecified atom stereocenters. The Kier molecular flexibility index (Phi) is 4.83. The van der Waals surface area contributed by atoms with E-state index in [1.54, 1.807) is 12.1 Å². The van der Waals surface area contributed by atoms with Crippen LogP contribution in [0.15, 0.2) is 48.5 Å². The quantitative estimate of drug-likeness (QED) is 0.886. The number of aryl methyl sites for hydroxylation is 1. The van der Waals surface area contributed by atoms with Crippen LogP contribution in [0.3, 0.4) is 0 Å². The molecule has 0 aliphatic carbocycles. The average molecular weight is 352 g/mol. The number of carboxylic acid groups (broad SMARTS) is 1. The Labute approximate surface area is 153 Å². The van der Waals surface area contributed by atoms with Crippen LogP contribution in [0.2, 0.25) is 0 Å². The predicted molar refractivity (Wildman–Crippen MR) is 101 cm³/mol. The Morgan fingerprint density at radius 1 is 1.19 bits per heavy atom. The fourth-order valence-electron chi connectivity index (χ4n) is 3.55. The summed E-state index contributed by atoms with van der Waals surface area (Å²) in [5.74, 6) is -1.36. The van der Waals surface area contributed by atoms with E-state index in [0.717, 1.165) is 17.5 Å². The van der Waals surface area contributed by atoms with Gasteiger partial charge in [0.1, 0.15) is 0 Å². The van der Waals surface area contributed by atoms with Gasteiger partial charge in [0.25, 0.3) is 5.91 Å². The summed E-state index contributed by atoms with van der Waals surface area (Å²) >= 11 is 0. The van der Waals surface area contributed by atoms with E-state index in [4.69, 9.17) is 5.73 Å². The van der Waals surface area contributed by atoms with Crippen LogP contribution in [-0.4, -0.2) is 40.0 Å². The number of benzene rings is 2. The van der Waals surface area contributed by atoms with Crippen LogP contribution < -0.4 is 5.73 Å². The summed E-state index contributed by atoms with van der Waals surface area (Å²) in [5, 5.41) is 9.68. The Balaban J connectivity index is 2.02. The fraction of sp³-hybridized carbons (Fsp3) is 0.333. The molecule has 0 radical (unpaired) electrons. The van der Waals surface area contributed by atoms with E-state index in [9.17, 15) is 14.7 Å². The van der Waals surface area contributed by atoms with Gasteiger partial charge in [0.05, 0.1) is 0 Å². The maximum absolute atomic E-state index is 13.2. The van der Waals surface area contributed by atoms with E-state index in [2.05, 4.69) is 6.92 Å². The van der Waals surface area contributed by atoms with E-state index in [1.165, 1.54) is 17.4 Å². The van der Waals surface area contributed by atoms with Gasteiger partial charge < -0.3 is 15.7 Å². The van der Waals surface area contributed by atoms with Crippen molar-refractivity contribution in [2.75, 3.05) is 6.54 Å². The molecule has 26 heavy (non-hydrogen) atoms. The zero-order valence-corrected chi connectivity index (χ0v) is 15.1. The lowest BCUT2D eigenvalue weighted by Crippen LogP contribution is -2.58. The maximum Gasteiger partial charge on any atom is 0.330 e. The molecule has 1 aliphatic rings.